The highest BCUT2D eigenvalue weighted by atomic mass is 32.1. The molecule has 1 fully saturated rings. The number of pyridine rings is 1. The Morgan fingerprint density at radius 1 is 1.03 bits per heavy atom. The highest BCUT2D eigenvalue weighted by Crippen LogP contribution is 2.43. The van der Waals surface area contributed by atoms with Gasteiger partial charge in [-0.2, -0.15) is 0 Å². The zero-order valence-electron chi connectivity index (χ0n) is 18.3. The zero-order chi connectivity index (χ0) is 22.9. The van der Waals surface area contributed by atoms with E-state index in [1.165, 1.54) is 6.07 Å². The van der Waals surface area contributed by atoms with Crippen LogP contribution < -0.4 is 15.0 Å². The van der Waals surface area contributed by atoms with Crippen molar-refractivity contribution in [1.29, 1.82) is 0 Å². The molecule has 0 aliphatic carbocycles. The maximum absolute atomic E-state index is 14.1. The van der Waals surface area contributed by atoms with Crippen molar-refractivity contribution in [3.05, 3.63) is 108 Å². The van der Waals surface area contributed by atoms with E-state index in [-0.39, 0.29) is 17.9 Å². The lowest BCUT2D eigenvalue weighted by Crippen LogP contribution is -2.30. The van der Waals surface area contributed by atoms with Gasteiger partial charge >= 0.3 is 0 Å². The normalized spacial score (nSPS) is 17.8. The van der Waals surface area contributed by atoms with Crippen molar-refractivity contribution in [1.82, 2.24) is 14.9 Å². The monoisotopic (exact) mass is 458 g/mol. The summed E-state index contributed by atoms with van der Waals surface area (Å²) < 4.78 is 21.8. The van der Waals surface area contributed by atoms with Crippen LogP contribution in [-0.2, 0) is 0 Å². The highest BCUT2D eigenvalue weighted by molar-refractivity contribution is 7.80. The molecule has 0 radical (unpaired) electrons. The average molecular weight is 459 g/mol. The molecule has 0 unspecified atom stereocenters. The molecular formula is C26H23FN4OS. The van der Waals surface area contributed by atoms with Crippen LogP contribution in [0.2, 0.25) is 0 Å². The number of aryl methyl sites for hydroxylation is 1. The van der Waals surface area contributed by atoms with Gasteiger partial charge in [0.05, 0.1) is 24.5 Å². The van der Waals surface area contributed by atoms with Crippen LogP contribution in [0.3, 0.4) is 0 Å². The van der Waals surface area contributed by atoms with Crippen molar-refractivity contribution in [2.75, 3.05) is 12.0 Å². The highest BCUT2D eigenvalue weighted by Gasteiger charge is 2.42. The second-order valence-corrected chi connectivity index (χ2v) is 8.29. The van der Waals surface area contributed by atoms with E-state index in [4.69, 9.17) is 17.0 Å². The summed E-state index contributed by atoms with van der Waals surface area (Å²) in [6.45, 7) is 1.76. The predicted octanol–water partition coefficient (Wildman–Crippen LogP) is 5.51. The standard InChI is InChI=1S/C26H23FN4OS/c1-17-16-18(12-13-19(17)27)31-25(24(29-26(31)33)20-8-5-6-14-28-20)22-10-7-15-30(22)21-9-3-4-11-23(21)32-2/h3-16,24-25H,1-2H3,(H,29,33)/t24-,25+/m1/s1. The molecule has 5 rings (SSSR count). The lowest BCUT2D eigenvalue weighted by Gasteiger charge is -2.29. The third kappa shape index (κ3) is 3.74. The fraction of sp³-hybridized carbons (Fsp3) is 0.154. The molecule has 0 saturated carbocycles. The van der Waals surface area contributed by atoms with Crippen molar-refractivity contribution >= 4 is 23.0 Å². The van der Waals surface area contributed by atoms with Gasteiger partial charge in [0.25, 0.3) is 0 Å². The third-order valence-electron chi connectivity index (χ3n) is 5.95. The molecule has 1 aliphatic heterocycles. The number of thiocarbonyl (C=S) groups is 1. The number of anilines is 1. The molecular weight excluding hydrogens is 435 g/mol. The average Bonchev–Trinajstić information content (AvgIpc) is 3.45. The Kier molecular flexibility index (Phi) is 5.56. The fourth-order valence-electron chi connectivity index (χ4n) is 4.40. The Bertz CT molecular complexity index is 1310. The summed E-state index contributed by atoms with van der Waals surface area (Å²) >= 11 is 5.79. The molecule has 1 N–H and O–H groups in total. The van der Waals surface area contributed by atoms with Crippen LogP contribution >= 0.6 is 12.2 Å². The van der Waals surface area contributed by atoms with E-state index in [1.807, 2.05) is 65.7 Å². The van der Waals surface area contributed by atoms with Gasteiger partial charge in [0.1, 0.15) is 17.6 Å². The van der Waals surface area contributed by atoms with E-state index in [0.29, 0.717) is 10.7 Å². The van der Waals surface area contributed by atoms with Crippen LogP contribution in [-0.4, -0.2) is 21.8 Å². The van der Waals surface area contributed by atoms with E-state index in [1.54, 1.807) is 26.3 Å². The number of halogens is 1. The molecule has 2 aromatic carbocycles. The van der Waals surface area contributed by atoms with E-state index < -0.39 is 0 Å². The minimum atomic E-state index is -0.243. The molecule has 1 saturated heterocycles. The molecule has 2 atom stereocenters. The van der Waals surface area contributed by atoms with Crippen LogP contribution in [0.4, 0.5) is 10.1 Å². The first-order chi connectivity index (χ1) is 16.1. The van der Waals surface area contributed by atoms with Gasteiger partial charge in [-0.25, -0.2) is 4.39 Å². The molecule has 4 aromatic rings. The minimum absolute atomic E-state index is 0.201. The largest absolute Gasteiger partial charge is 0.495 e. The lowest BCUT2D eigenvalue weighted by atomic mass is 10.0. The van der Waals surface area contributed by atoms with Crippen LogP contribution in [0.15, 0.2) is 85.2 Å². The predicted molar refractivity (Wildman–Crippen MR) is 131 cm³/mol. The number of rotatable bonds is 5. The quantitative estimate of drug-likeness (QED) is 0.400. The summed E-state index contributed by atoms with van der Waals surface area (Å²) in [4.78, 5) is 6.65. The van der Waals surface area contributed by atoms with Gasteiger partial charge < -0.3 is 19.5 Å². The Labute approximate surface area is 197 Å². The van der Waals surface area contributed by atoms with Crippen LogP contribution in [0.25, 0.3) is 5.69 Å². The van der Waals surface area contributed by atoms with Gasteiger partial charge in [-0.15, -0.1) is 0 Å². The number of ether oxygens (including phenoxy) is 1. The number of hydrogen-bond acceptors (Lipinski definition) is 3. The number of hydrogen-bond donors (Lipinski definition) is 1. The van der Waals surface area contributed by atoms with Gasteiger partial charge in [0, 0.05) is 23.8 Å². The first kappa shape index (κ1) is 21.2. The summed E-state index contributed by atoms with van der Waals surface area (Å²) in [7, 11) is 1.67. The van der Waals surface area contributed by atoms with Crippen LogP contribution in [0, 0.1) is 12.7 Å². The van der Waals surface area contributed by atoms with Crippen LogP contribution in [0.5, 0.6) is 5.75 Å². The van der Waals surface area contributed by atoms with Crippen molar-refractivity contribution in [2.24, 2.45) is 0 Å². The van der Waals surface area contributed by atoms with Gasteiger partial charge in [-0.05, 0) is 79.3 Å². The first-order valence-corrected chi connectivity index (χ1v) is 11.1. The number of benzene rings is 2. The first-order valence-electron chi connectivity index (χ1n) is 10.7. The van der Waals surface area contributed by atoms with Crippen molar-refractivity contribution in [3.63, 3.8) is 0 Å². The Hall–Kier alpha value is -3.71. The van der Waals surface area contributed by atoms with E-state index in [2.05, 4.69) is 20.9 Å². The maximum Gasteiger partial charge on any atom is 0.174 e. The Morgan fingerprint density at radius 3 is 2.61 bits per heavy atom. The Morgan fingerprint density at radius 2 is 1.85 bits per heavy atom. The van der Waals surface area contributed by atoms with Gasteiger partial charge in [0.15, 0.2) is 5.11 Å². The van der Waals surface area contributed by atoms with E-state index in [0.717, 1.165) is 28.5 Å². The number of nitrogens with one attached hydrogen (secondary N) is 1. The van der Waals surface area contributed by atoms with Crippen molar-refractivity contribution in [2.45, 2.75) is 19.0 Å². The summed E-state index contributed by atoms with van der Waals surface area (Å²) in [6, 6.07) is 22.5. The lowest BCUT2D eigenvalue weighted by molar-refractivity contribution is 0.412. The minimum Gasteiger partial charge on any atom is -0.495 e. The fourth-order valence-corrected chi connectivity index (χ4v) is 4.74. The summed E-state index contributed by atoms with van der Waals surface area (Å²) in [5.74, 6) is 0.522. The molecule has 0 bridgehead atoms. The van der Waals surface area contributed by atoms with Crippen LogP contribution in [0.1, 0.15) is 29.0 Å². The number of para-hydroxylation sites is 2. The maximum atomic E-state index is 14.1. The Balaban J connectivity index is 1.69. The summed E-state index contributed by atoms with van der Waals surface area (Å²) in [6.07, 6.45) is 3.79. The topological polar surface area (TPSA) is 42.3 Å². The molecule has 0 spiro atoms. The molecule has 166 valence electrons. The van der Waals surface area contributed by atoms with E-state index >= 15 is 0 Å². The molecule has 7 heteroatoms. The molecule has 5 nitrogen and oxygen atoms in total. The second kappa shape index (κ2) is 8.67. The molecule has 0 amide bonds. The van der Waals surface area contributed by atoms with Gasteiger partial charge in [-0.3, -0.25) is 4.98 Å². The third-order valence-corrected chi connectivity index (χ3v) is 6.26. The number of methoxy groups -OCH3 is 1. The van der Waals surface area contributed by atoms with Gasteiger partial charge in [0.2, 0.25) is 0 Å². The smallest absolute Gasteiger partial charge is 0.174 e. The number of aromatic nitrogens is 2. The molecule has 3 heterocycles. The summed E-state index contributed by atoms with van der Waals surface area (Å²) in [5, 5.41) is 4.02. The second-order valence-electron chi connectivity index (χ2n) is 7.90. The SMILES string of the molecule is COc1ccccc1-n1cccc1[C@H]1[C@@H](c2ccccn2)NC(=S)N1c1ccc(F)c(C)c1. The van der Waals surface area contributed by atoms with Crippen molar-refractivity contribution < 1.29 is 9.13 Å². The number of nitrogens with zero attached hydrogens (tertiary/aromatic N) is 3. The van der Waals surface area contributed by atoms with E-state index in [9.17, 15) is 4.39 Å². The molecule has 33 heavy (non-hydrogen) atoms. The van der Waals surface area contributed by atoms with Crippen molar-refractivity contribution in [3.8, 4) is 11.4 Å². The summed E-state index contributed by atoms with van der Waals surface area (Å²) in [5.41, 5.74) is 4.19. The zero-order valence-corrected chi connectivity index (χ0v) is 19.1. The van der Waals surface area contributed by atoms with Gasteiger partial charge in [-0.1, -0.05) is 18.2 Å². The molecule has 2 aromatic heterocycles. The molecule has 1 aliphatic rings.